The minimum Gasteiger partial charge on any atom is -0.367 e. The lowest BCUT2D eigenvalue weighted by Gasteiger charge is -2.38. The molecule has 2 aromatic rings. The van der Waals surface area contributed by atoms with Crippen LogP contribution in [0.2, 0.25) is 0 Å². The van der Waals surface area contributed by atoms with Crippen LogP contribution in [0.5, 0.6) is 0 Å². The molecule has 1 fully saturated rings. The van der Waals surface area contributed by atoms with Crippen LogP contribution in [0.1, 0.15) is 31.1 Å². The number of rotatable bonds is 6. The SMILES string of the molecule is CCNC(=NCc1ccc(S(=O)(=O)NC)cc1)N1CC(C)OC(c2ccc(F)cc2)C1. The van der Waals surface area contributed by atoms with E-state index in [2.05, 4.69) is 14.9 Å². The van der Waals surface area contributed by atoms with Crippen LogP contribution in [-0.2, 0) is 21.3 Å². The van der Waals surface area contributed by atoms with Gasteiger partial charge in [0.25, 0.3) is 0 Å². The number of hydrogen-bond acceptors (Lipinski definition) is 4. The average molecular weight is 449 g/mol. The Labute approximate surface area is 183 Å². The van der Waals surface area contributed by atoms with E-state index in [1.54, 1.807) is 36.4 Å². The van der Waals surface area contributed by atoms with Crippen molar-refractivity contribution in [2.24, 2.45) is 4.99 Å². The molecule has 0 aromatic heterocycles. The van der Waals surface area contributed by atoms with E-state index in [4.69, 9.17) is 9.73 Å². The number of aliphatic imine (C=N–C) groups is 1. The highest BCUT2D eigenvalue weighted by Crippen LogP contribution is 2.25. The number of morpholine rings is 1. The van der Waals surface area contributed by atoms with E-state index >= 15 is 0 Å². The second-order valence-corrected chi connectivity index (χ2v) is 9.30. The Morgan fingerprint density at radius 3 is 2.45 bits per heavy atom. The molecule has 0 radical (unpaired) electrons. The zero-order valence-corrected chi connectivity index (χ0v) is 18.8. The van der Waals surface area contributed by atoms with Crippen LogP contribution in [-0.4, -0.2) is 52.1 Å². The Morgan fingerprint density at radius 2 is 1.84 bits per heavy atom. The summed E-state index contributed by atoms with van der Waals surface area (Å²) in [6, 6.07) is 13.1. The van der Waals surface area contributed by atoms with Gasteiger partial charge in [-0.1, -0.05) is 24.3 Å². The molecule has 0 amide bonds. The predicted octanol–water partition coefficient (Wildman–Crippen LogP) is 2.66. The van der Waals surface area contributed by atoms with Gasteiger partial charge in [0.2, 0.25) is 10.0 Å². The number of guanidine groups is 1. The van der Waals surface area contributed by atoms with Gasteiger partial charge in [-0.25, -0.2) is 22.5 Å². The average Bonchev–Trinajstić information content (AvgIpc) is 2.77. The lowest BCUT2D eigenvalue weighted by Crippen LogP contribution is -2.50. The smallest absolute Gasteiger partial charge is 0.240 e. The fourth-order valence-electron chi connectivity index (χ4n) is 3.47. The second-order valence-electron chi connectivity index (χ2n) is 7.41. The number of hydrogen-bond donors (Lipinski definition) is 2. The third-order valence-corrected chi connectivity index (χ3v) is 6.48. The topological polar surface area (TPSA) is 83.0 Å². The molecule has 0 spiro atoms. The molecule has 2 atom stereocenters. The zero-order valence-electron chi connectivity index (χ0n) is 18.0. The molecule has 0 bridgehead atoms. The molecule has 7 nitrogen and oxygen atoms in total. The van der Waals surface area contributed by atoms with Crippen LogP contribution in [0, 0.1) is 5.82 Å². The van der Waals surface area contributed by atoms with E-state index in [0.29, 0.717) is 26.2 Å². The first-order valence-corrected chi connectivity index (χ1v) is 11.8. The van der Waals surface area contributed by atoms with Crippen molar-refractivity contribution >= 4 is 16.0 Å². The van der Waals surface area contributed by atoms with E-state index in [-0.39, 0.29) is 22.9 Å². The highest BCUT2D eigenvalue weighted by atomic mass is 32.2. The van der Waals surface area contributed by atoms with Gasteiger partial charge in [-0.3, -0.25) is 0 Å². The molecule has 31 heavy (non-hydrogen) atoms. The van der Waals surface area contributed by atoms with Gasteiger partial charge in [0, 0.05) is 13.1 Å². The van der Waals surface area contributed by atoms with Crippen LogP contribution in [0.25, 0.3) is 0 Å². The van der Waals surface area contributed by atoms with E-state index in [0.717, 1.165) is 17.1 Å². The van der Waals surface area contributed by atoms with Crippen molar-refractivity contribution in [1.82, 2.24) is 14.9 Å². The van der Waals surface area contributed by atoms with Crippen LogP contribution in [0.4, 0.5) is 4.39 Å². The quantitative estimate of drug-likeness (QED) is 0.524. The Balaban J connectivity index is 1.75. The molecule has 2 N–H and O–H groups in total. The molecule has 2 aromatic carbocycles. The van der Waals surface area contributed by atoms with Gasteiger partial charge in [-0.05, 0) is 56.3 Å². The van der Waals surface area contributed by atoms with Crippen molar-refractivity contribution < 1.29 is 17.5 Å². The maximum absolute atomic E-state index is 13.3. The van der Waals surface area contributed by atoms with Crippen molar-refractivity contribution in [2.75, 3.05) is 26.7 Å². The molecule has 168 valence electrons. The van der Waals surface area contributed by atoms with Gasteiger partial charge in [0.05, 0.1) is 24.1 Å². The summed E-state index contributed by atoms with van der Waals surface area (Å²) in [7, 11) is -2.07. The van der Waals surface area contributed by atoms with Crippen molar-refractivity contribution in [3.63, 3.8) is 0 Å². The van der Waals surface area contributed by atoms with Crippen molar-refractivity contribution in [1.29, 1.82) is 0 Å². The van der Waals surface area contributed by atoms with Crippen LogP contribution >= 0.6 is 0 Å². The molecule has 0 saturated carbocycles. The summed E-state index contributed by atoms with van der Waals surface area (Å²) >= 11 is 0. The fraction of sp³-hybridized carbons (Fsp3) is 0.409. The molecular weight excluding hydrogens is 419 g/mol. The van der Waals surface area contributed by atoms with Gasteiger partial charge in [0.15, 0.2) is 5.96 Å². The standard InChI is InChI=1S/C22H29FN4O3S/c1-4-25-22(26-13-17-5-11-20(12-6-17)31(28,29)24-3)27-14-16(2)30-21(15-27)18-7-9-19(23)10-8-18/h5-12,16,21,24H,4,13-15H2,1-3H3,(H,25,26). The summed E-state index contributed by atoms with van der Waals surface area (Å²) in [5, 5.41) is 3.32. The molecular formula is C22H29FN4O3S. The molecule has 2 unspecified atom stereocenters. The van der Waals surface area contributed by atoms with Crippen molar-refractivity contribution in [3.8, 4) is 0 Å². The number of nitrogens with one attached hydrogen (secondary N) is 2. The summed E-state index contributed by atoms with van der Waals surface area (Å²) in [4.78, 5) is 7.11. The number of sulfonamides is 1. The van der Waals surface area contributed by atoms with Crippen molar-refractivity contribution in [3.05, 3.63) is 65.5 Å². The molecule has 9 heteroatoms. The van der Waals surface area contributed by atoms with E-state index in [1.165, 1.54) is 19.2 Å². The van der Waals surface area contributed by atoms with E-state index in [9.17, 15) is 12.8 Å². The van der Waals surface area contributed by atoms with Crippen LogP contribution in [0.15, 0.2) is 58.4 Å². The summed E-state index contributed by atoms with van der Waals surface area (Å²) in [5.41, 5.74) is 1.83. The Bertz CT molecular complexity index is 994. The van der Waals surface area contributed by atoms with Gasteiger partial charge in [0.1, 0.15) is 11.9 Å². The maximum Gasteiger partial charge on any atom is 0.240 e. The van der Waals surface area contributed by atoms with E-state index < -0.39 is 10.0 Å². The third-order valence-electron chi connectivity index (χ3n) is 5.05. The Hall–Kier alpha value is -2.49. The monoisotopic (exact) mass is 448 g/mol. The molecule has 3 rings (SSSR count). The number of benzene rings is 2. The minimum absolute atomic E-state index is 0.0151. The Morgan fingerprint density at radius 1 is 1.16 bits per heavy atom. The zero-order chi connectivity index (χ0) is 22.4. The van der Waals surface area contributed by atoms with Crippen LogP contribution < -0.4 is 10.0 Å². The highest BCUT2D eigenvalue weighted by molar-refractivity contribution is 7.89. The van der Waals surface area contributed by atoms with Gasteiger partial charge >= 0.3 is 0 Å². The van der Waals surface area contributed by atoms with Gasteiger partial charge < -0.3 is 15.0 Å². The summed E-state index contributed by atoms with van der Waals surface area (Å²) < 4.78 is 45.4. The first-order valence-electron chi connectivity index (χ1n) is 10.3. The number of ether oxygens (including phenoxy) is 1. The number of halogens is 1. The summed E-state index contributed by atoms with van der Waals surface area (Å²) in [5.74, 6) is 0.490. The summed E-state index contributed by atoms with van der Waals surface area (Å²) in [6.07, 6.45) is -0.196. The van der Waals surface area contributed by atoms with E-state index in [1.807, 2.05) is 13.8 Å². The molecule has 1 saturated heterocycles. The lowest BCUT2D eigenvalue weighted by molar-refractivity contribution is -0.0605. The van der Waals surface area contributed by atoms with Gasteiger partial charge in [-0.15, -0.1) is 0 Å². The largest absolute Gasteiger partial charge is 0.367 e. The Kier molecular flexibility index (Phi) is 7.64. The van der Waals surface area contributed by atoms with Gasteiger partial charge in [-0.2, -0.15) is 0 Å². The molecule has 0 aliphatic carbocycles. The van der Waals surface area contributed by atoms with Crippen molar-refractivity contribution in [2.45, 2.75) is 37.5 Å². The highest BCUT2D eigenvalue weighted by Gasteiger charge is 2.28. The molecule has 1 aliphatic rings. The lowest BCUT2D eigenvalue weighted by atomic mass is 10.1. The van der Waals surface area contributed by atoms with Crippen LogP contribution in [0.3, 0.4) is 0 Å². The third kappa shape index (κ3) is 6.03. The fourth-order valence-corrected chi connectivity index (χ4v) is 4.20. The molecule has 1 aliphatic heterocycles. The summed E-state index contributed by atoms with van der Waals surface area (Å²) in [6.45, 7) is 6.42. The molecule has 1 heterocycles. The second kappa shape index (κ2) is 10.2. The predicted molar refractivity (Wildman–Crippen MR) is 119 cm³/mol. The minimum atomic E-state index is -3.46. The number of nitrogens with zero attached hydrogens (tertiary/aromatic N) is 2. The maximum atomic E-state index is 13.3. The normalized spacial score (nSPS) is 20.0. The first-order chi connectivity index (χ1) is 14.8. The first kappa shape index (κ1) is 23.2.